The summed E-state index contributed by atoms with van der Waals surface area (Å²) >= 11 is 0. The van der Waals surface area contributed by atoms with Crippen molar-refractivity contribution in [2.45, 2.75) is 39.0 Å². The van der Waals surface area contributed by atoms with Gasteiger partial charge in [-0.15, -0.1) is 0 Å². The molecule has 1 unspecified atom stereocenters. The first-order chi connectivity index (χ1) is 13.1. The number of benzene rings is 1. The van der Waals surface area contributed by atoms with Crippen LogP contribution >= 0.6 is 0 Å². The van der Waals surface area contributed by atoms with Crippen molar-refractivity contribution in [3.8, 4) is 0 Å². The van der Waals surface area contributed by atoms with Crippen LogP contribution in [0.5, 0.6) is 0 Å². The minimum Gasteiger partial charge on any atom is -0.355 e. The SMILES string of the molecule is Cc1nc(CCNC(=O)C2CCN(c3ccccc3)C2=O)nc2c1CCC2. The highest BCUT2D eigenvalue weighted by molar-refractivity contribution is 6.09. The van der Waals surface area contributed by atoms with Gasteiger partial charge < -0.3 is 10.2 Å². The van der Waals surface area contributed by atoms with E-state index in [0.717, 1.165) is 42.2 Å². The summed E-state index contributed by atoms with van der Waals surface area (Å²) in [5, 5.41) is 2.90. The van der Waals surface area contributed by atoms with E-state index < -0.39 is 5.92 Å². The molecule has 1 aliphatic heterocycles. The lowest BCUT2D eigenvalue weighted by atomic mass is 10.1. The van der Waals surface area contributed by atoms with Crippen molar-refractivity contribution in [3.63, 3.8) is 0 Å². The minimum atomic E-state index is -0.604. The quantitative estimate of drug-likeness (QED) is 0.824. The maximum atomic E-state index is 12.6. The van der Waals surface area contributed by atoms with E-state index in [4.69, 9.17) is 0 Å². The largest absolute Gasteiger partial charge is 0.355 e. The molecule has 0 bridgehead atoms. The number of nitrogens with zero attached hydrogens (tertiary/aromatic N) is 3. The zero-order chi connectivity index (χ0) is 18.8. The predicted molar refractivity (Wildman–Crippen MR) is 102 cm³/mol. The molecule has 1 aliphatic carbocycles. The Labute approximate surface area is 159 Å². The number of aryl methyl sites for hydroxylation is 2. The summed E-state index contributed by atoms with van der Waals surface area (Å²) in [5.41, 5.74) is 4.36. The monoisotopic (exact) mass is 364 g/mol. The number of para-hydroxylation sites is 1. The number of aromatic nitrogens is 2. The van der Waals surface area contributed by atoms with Crippen molar-refractivity contribution in [1.29, 1.82) is 0 Å². The van der Waals surface area contributed by atoms with Gasteiger partial charge in [-0.2, -0.15) is 0 Å². The summed E-state index contributed by atoms with van der Waals surface area (Å²) in [6.07, 6.45) is 4.37. The van der Waals surface area contributed by atoms with E-state index in [-0.39, 0.29) is 11.8 Å². The maximum absolute atomic E-state index is 12.6. The smallest absolute Gasteiger partial charge is 0.239 e. The van der Waals surface area contributed by atoms with Crippen LogP contribution in [0.25, 0.3) is 0 Å². The second kappa shape index (κ2) is 7.47. The van der Waals surface area contributed by atoms with Crippen LogP contribution in [-0.2, 0) is 28.9 Å². The highest BCUT2D eigenvalue weighted by Crippen LogP contribution is 2.25. The summed E-state index contributed by atoms with van der Waals surface area (Å²) in [5.74, 6) is -0.148. The van der Waals surface area contributed by atoms with Crippen LogP contribution in [0.2, 0.25) is 0 Å². The Kier molecular flexibility index (Phi) is 4.88. The van der Waals surface area contributed by atoms with Gasteiger partial charge in [0, 0.05) is 36.6 Å². The molecular weight excluding hydrogens is 340 g/mol. The molecule has 6 heteroatoms. The Hall–Kier alpha value is -2.76. The number of nitrogens with one attached hydrogen (secondary N) is 1. The van der Waals surface area contributed by atoms with Gasteiger partial charge in [-0.1, -0.05) is 18.2 Å². The molecule has 1 fully saturated rings. The number of hydrogen-bond acceptors (Lipinski definition) is 4. The highest BCUT2D eigenvalue weighted by Gasteiger charge is 2.37. The van der Waals surface area contributed by atoms with Crippen molar-refractivity contribution in [2.75, 3.05) is 18.0 Å². The van der Waals surface area contributed by atoms with E-state index in [1.54, 1.807) is 4.90 Å². The van der Waals surface area contributed by atoms with Crippen LogP contribution < -0.4 is 10.2 Å². The van der Waals surface area contributed by atoms with Gasteiger partial charge in [0.25, 0.3) is 0 Å². The first-order valence-corrected chi connectivity index (χ1v) is 9.63. The number of hydrogen-bond donors (Lipinski definition) is 1. The third-order valence-corrected chi connectivity index (χ3v) is 5.42. The molecule has 140 valence electrons. The molecule has 2 heterocycles. The molecule has 0 spiro atoms. The highest BCUT2D eigenvalue weighted by atomic mass is 16.2. The molecule has 2 amide bonds. The number of carbonyl (C=O) groups excluding carboxylic acids is 2. The predicted octanol–water partition coefficient (Wildman–Crippen LogP) is 1.99. The molecule has 2 aromatic rings. The van der Waals surface area contributed by atoms with Crippen molar-refractivity contribution < 1.29 is 9.59 Å². The normalized spacial score (nSPS) is 18.6. The molecular formula is C21H24N4O2. The summed E-state index contributed by atoms with van der Waals surface area (Å²) < 4.78 is 0. The van der Waals surface area contributed by atoms with Gasteiger partial charge in [-0.25, -0.2) is 9.97 Å². The molecule has 1 N–H and O–H groups in total. The molecule has 1 saturated heterocycles. The number of rotatable bonds is 5. The zero-order valence-corrected chi connectivity index (χ0v) is 15.6. The lowest BCUT2D eigenvalue weighted by Crippen LogP contribution is -2.37. The Balaban J connectivity index is 1.33. The van der Waals surface area contributed by atoms with Crippen LogP contribution in [0.3, 0.4) is 0 Å². The van der Waals surface area contributed by atoms with Crippen LogP contribution in [0.4, 0.5) is 5.69 Å². The fourth-order valence-electron chi connectivity index (χ4n) is 4.00. The molecule has 27 heavy (non-hydrogen) atoms. The standard InChI is InChI=1S/C21H24N4O2/c1-14-16-8-5-9-18(16)24-19(23-14)10-12-22-20(26)17-11-13-25(21(17)27)15-6-3-2-4-7-15/h2-4,6-7,17H,5,8-13H2,1H3,(H,22,26). The van der Waals surface area contributed by atoms with E-state index in [0.29, 0.717) is 25.9 Å². The summed E-state index contributed by atoms with van der Waals surface area (Å²) in [6.45, 7) is 3.06. The summed E-state index contributed by atoms with van der Waals surface area (Å²) in [7, 11) is 0. The van der Waals surface area contributed by atoms with E-state index >= 15 is 0 Å². The average Bonchev–Trinajstić information content (AvgIpc) is 3.29. The number of carbonyl (C=O) groups is 2. The van der Waals surface area contributed by atoms with Gasteiger partial charge in [0.2, 0.25) is 11.8 Å². The molecule has 4 rings (SSSR count). The fourth-order valence-corrected chi connectivity index (χ4v) is 4.00. The second-order valence-electron chi connectivity index (χ2n) is 7.21. The van der Waals surface area contributed by atoms with Gasteiger partial charge in [-0.3, -0.25) is 9.59 Å². The van der Waals surface area contributed by atoms with Crippen LogP contribution in [0.15, 0.2) is 30.3 Å². The maximum Gasteiger partial charge on any atom is 0.239 e. The first kappa shape index (κ1) is 17.6. The van der Waals surface area contributed by atoms with Crippen LogP contribution in [0.1, 0.15) is 35.6 Å². The van der Waals surface area contributed by atoms with E-state index in [1.165, 1.54) is 5.56 Å². The number of anilines is 1. The molecule has 2 aliphatic rings. The molecule has 0 saturated carbocycles. The average molecular weight is 364 g/mol. The van der Waals surface area contributed by atoms with Crippen LogP contribution in [0, 0.1) is 12.8 Å². The lowest BCUT2D eigenvalue weighted by molar-refractivity contribution is -0.132. The summed E-state index contributed by atoms with van der Waals surface area (Å²) in [6, 6.07) is 9.50. The van der Waals surface area contributed by atoms with Crippen molar-refractivity contribution in [1.82, 2.24) is 15.3 Å². The minimum absolute atomic E-state index is 0.122. The van der Waals surface area contributed by atoms with Crippen molar-refractivity contribution in [2.24, 2.45) is 5.92 Å². The third kappa shape index (κ3) is 3.56. The Bertz CT molecular complexity index is 866. The fraction of sp³-hybridized carbons (Fsp3) is 0.429. The lowest BCUT2D eigenvalue weighted by Gasteiger charge is -2.16. The van der Waals surface area contributed by atoms with Gasteiger partial charge in [0.1, 0.15) is 11.7 Å². The topological polar surface area (TPSA) is 75.2 Å². The molecule has 0 radical (unpaired) electrons. The Morgan fingerprint density at radius 2 is 2.04 bits per heavy atom. The van der Waals surface area contributed by atoms with Gasteiger partial charge in [-0.05, 0) is 50.3 Å². The zero-order valence-electron chi connectivity index (χ0n) is 15.6. The van der Waals surface area contributed by atoms with E-state index in [2.05, 4.69) is 15.3 Å². The molecule has 6 nitrogen and oxygen atoms in total. The second-order valence-corrected chi connectivity index (χ2v) is 7.21. The number of amides is 2. The Morgan fingerprint density at radius 1 is 1.22 bits per heavy atom. The van der Waals surface area contributed by atoms with Gasteiger partial charge in [0.15, 0.2) is 0 Å². The van der Waals surface area contributed by atoms with E-state index in [1.807, 2.05) is 37.3 Å². The first-order valence-electron chi connectivity index (χ1n) is 9.63. The number of fused-ring (bicyclic) bond motifs is 1. The summed E-state index contributed by atoms with van der Waals surface area (Å²) in [4.78, 5) is 36.0. The third-order valence-electron chi connectivity index (χ3n) is 5.42. The van der Waals surface area contributed by atoms with Crippen molar-refractivity contribution in [3.05, 3.63) is 53.1 Å². The van der Waals surface area contributed by atoms with E-state index in [9.17, 15) is 9.59 Å². The Morgan fingerprint density at radius 3 is 2.85 bits per heavy atom. The van der Waals surface area contributed by atoms with Gasteiger partial charge >= 0.3 is 0 Å². The van der Waals surface area contributed by atoms with Crippen LogP contribution in [-0.4, -0.2) is 34.9 Å². The van der Waals surface area contributed by atoms with Crippen molar-refractivity contribution >= 4 is 17.5 Å². The van der Waals surface area contributed by atoms with Gasteiger partial charge in [0.05, 0.1) is 0 Å². The molecule has 1 aromatic heterocycles. The molecule has 1 atom stereocenters. The molecule has 1 aromatic carbocycles.